The largest absolute Gasteiger partial charge is 0.354 e. The van der Waals surface area contributed by atoms with Crippen LogP contribution in [0.15, 0.2) is 35.5 Å². The van der Waals surface area contributed by atoms with Crippen LogP contribution in [0.3, 0.4) is 0 Å². The van der Waals surface area contributed by atoms with Crippen LogP contribution in [0.25, 0.3) is 0 Å². The van der Waals surface area contributed by atoms with Gasteiger partial charge in [-0.25, -0.2) is 4.98 Å². The van der Waals surface area contributed by atoms with Crippen molar-refractivity contribution in [2.75, 3.05) is 45.2 Å². The molecule has 1 aliphatic heterocycles. The zero-order valence-corrected chi connectivity index (χ0v) is 18.2. The predicted octanol–water partition coefficient (Wildman–Crippen LogP) is 2.50. The number of rotatable bonds is 6. The maximum atomic E-state index is 4.66. The van der Waals surface area contributed by atoms with E-state index < -0.39 is 0 Å². The first kappa shape index (κ1) is 20.6. The molecule has 1 atom stereocenters. The number of anilines is 1. The minimum absolute atomic E-state index is 0.321. The van der Waals surface area contributed by atoms with Crippen LogP contribution in [0.1, 0.15) is 22.2 Å². The highest BCUT2D eigenvalue weighted by Gasteiger charge is 2.15. The third-order valence-corrected chi connectivity index (χ3v) is 6.03. The zero-order valence-electron chi connectivity index (χ0n) is 17.4. The number of aliphatic imine (C=N–C) groups is 1. The Hall–Kier alpha value is -2.12. The topological polar surface area (TPSA) is 55.8 Å². The summed E-state index contributed by atoms with van der Waals surface area (Å²) in [5, 5.41) is 6.87. The highest BCUT2D eigenvalue weighted by Crippen LogP contribution is 2.17. The monoisotopic (exact) mass is 400 g/mol. The molecule has 6 nitrogen and oxygen atoms in total. The lowest BCUT2D eigenvalue weighted by Crippen LogP contribution is -2.44. The summed E-state index contributed by atoms with van der Waals surface area (Å²) in [7, 11) is 3.98. The van der Waals surface area contributed by atoms with Gasteiger partial charge in [-0.1, -0.05) is 6.07 Å². The fourth-order valence-electron chi connectivity index (χ4n) is 3.31. The van der Waals surface area contributed by atoms with Gasteiger partial charge in [0.25, 0.3) is 0 Å². The number of hydrogen-bond acceptors (Lipinski definition) is 5. The number of aromatic nitrogens is 1. The molecule has 28 heavy (non-hydrogen) atoms. The molecule has 0 aromatic carbocycles. The fraction of sp³-hybridized carbons (Fsp3) is 0.524. The van der Waals surface area contributed by atoms with E-state index in [1.165, 1.54) is 9.75 Å². The molecule has 0 saturated carbocycles. The van der Waals surface area contributed by atoms with E-state index in [0.717, 1.165) is 49.9 Å². The van der Waals surface area contributed by atoms with Gasteiger partial charge in [-0.2, -0.15) is 0 Å². The van der Waals surface area contributed by atoms with Crippen molar-refractivity contribution in [3.05, 3.63) is 45.8 Å². The molecule has 1 fully saturated rings. The molecule has 0 spiro atoms. The van der Waals surface area contributed by atoms with Crippen molar-refractivity contribution in [2.24, 2.45) is 4.99 Å². The van der Waals surface area contributed by atoms with Crippen molar-refractivity contribution in [3.8, 4) is 0 Å². The molecule has 0 aliphatic carbocycles. The Morgan fingerprint density at radius 2 is 2.00 bits per heavy atom. The summed E-state index contributed by atoms with van der Waals surface area (Å²) in [5.74, 6) is 1.89. The number of thiophene rings is 1. The van der Waals surface area contributed by atoms with Crippen molar-refractivity contribution in [1.29, 1.82) is 0 Å². The summed E-state index contributed by atoms with van der Waals surface area (Å²) in [6.45, 7) is 9.32. The van der Waals surface area contributed by atoms with Crippen LogP contribution in [-0.4, -0.2) is 62.2 Å². The van der Waals surface area contributed by atoms with Gasteiger partial charge >= 0.3 is 0 Å². The molecular weight excluding hydrogens is 368 g/mol. The predicted molar refractivity (Wildman–Crippen MR) is 120 cm³/mol. The second kappa shape index (κ2) is 9.89. The lowest BCUT2D eigenvalue weighted by Gasteiger charge is -2.33. The summed E-state index contributed by atoms with van der Waals surface area (Å²) in [6, 6.07) is 8.99. The first-order chi connectivity index (χ1) is 13.5. The number of piperazine rings is 1. The molecule has 0 radical (unpaired) electrons. The summed E-state index contributed by atoms with van der Waals surface area (Å²) in [5.41, 5.74) is 1.15. The normalized spacial score (nSPS) is 16.9. The number of nitrogens with zero attached hydrogens (tertiary/aromatic N) is 4. The molecule has 7 heteroatoms. The van der Waals surface area contributed by atoms with E-state index in [9.17, 15) is 0 Å². The van der Waals surface area contributed by atoms with Gasteiger partial charge in [0, 0.05) is 68.2 Å². The van der Waals surface area contributed by atoms with Gasteiger partial charge in [-0.15, -0.1) is 11.3 Å². The van der Waals surface area contributed by atoms with E-state index in [2.05, 4.69) is 75.6 Å². The first-order valence-corrected chi connectivity index (χ1v) is 10.8. The van der Waals surface area contributed by atoms with Gasteiger partial charge in [0.2, 0.25) is 0 Å². The number of aryl methyl sites for hydroxylation is 1. The van der Waals surface area contributed by atoms with Crippen LogP contribution < -0.4 is 15.5 Å². The van der Waals surface area contributed by atoms with E-state index in [1.54, 1.807) is 0 Å². The van der Waals surface area contributed by atoms with E-state index in [-0.39, 0.29) is 0 Å². The van der Waals surface area contributed by atoms with Gasteiger partial charge in [0.15, 0.2) is 5.96 Å². The molecule has 3 rings (SSSR count). The van der Waals surface area contributed by atoms with Gasteiger partial charge in [-0.3, -0.25) is 4.99 Å². The van der Waals surface area contributed by atoms with Gasteiger partial charge in [0.05, 0.1) is 0 Å². The Morgan fingerprint density at radius 3 is 2.61 bits per heavy atom. The Labute approximate surface area is 172 Å². The van der Waals surface area contributed by atoms with E-state index in [1.807, 2.05) is 24.6 Å². The maximum Gasteiger partial charge on any atom is 0.191 e. The van der Waals surface area contributed by atoms with Crippen molar-refractivity contribution >= 4 is 23.1 Å². The number of hydrogen-bond donors (Lipinski definition) is 2. The lowest BCUT2D eigenvalue weighted by molar-refractivity contribution is 0.312. The van der Waals surface area contributed by atoms with E-state index in [0.29, 0.717) is 12.6 Å². The average Bonchev–Trinajstić information content (AvgIpc) is 3.10. The number of likely N-dealkylation sites (N-methyl/N-ethyl adjacent to an activating group) is 1. The first-order valence-electron chi connectivity index (χ1n) is 9.94. The minimum atomic E-state index is 0.321. The third kappa shape index (κ3) is 5.94. The Bertz CT molecular complexity index is 761. The van der Waals surface area contributed by atoms with Crippen LogP contribution >= 0.6 is 11.3 Å². The van der Waals surface area contributed by atoms with Crippen LogP contribution in [0, 0.1) is 6.92 Å². The Kier molecular flexibility index (Phi) is 7.28. The number of nitrogens with one attached hydrogen (secondary N) is 2. The fourth-order valence-corrected chi connectivity index (χ4v) is 4.32. The standard InChI is InChI=1S/C21H32N6S/c1-16(13-19-7-5-17(2)28-19)25-21(22-3)24-15-18-6-8-20(23-14-18)27-11-9-26(4)10-12-27/h5-8,14,16H,9-13,15H2,1-4H3,(H2,22,24,25). The Morgan fingerprint density at radius 1 is 1.21 bits per heavy atom. The SMILES string of the molecule is CN=C(NCc1ccc(N2CCN(C)CC2)nc1)NC(C)Cc1ccc(C)s1. The van der Waals surface area contributed by atoms with Crippen LogP contribution in [0.5, 0.6) is 0 Å². The maximum absolute atomic E-state index is 4.66. The van der Waals surface area contributed by atoms with Crippen molar-refractivity contribution < 1.29 is 0 Å². The molecule has 0 amide bonds. The highest BCUT2D eigenvalue weighted by molar-refractivity contribution is 7.11. The summed E-state index contributed by atoms with van der Waals surface area (Å²) >= 11 is 1.86. The van der Waals surface area contributed by atoms with Crippen LogP contribution in [-0.2, 0) is 13.0 Å². The molecule has 3 heterocycles. The zero-order chi connectivity index (χ0) is 19.9. The number of guanidine groups is 1. The van der Waals surface area contributed by atoms with Gasteiger partial charge in [-0.05, 0) is 44.7 Å². The molecule has 0 bridgehead atoms. The highest BCUT2D eigenvalue weighted by atomic mass is 32.1. The molecular formula is C21H32N6S. The van der Waals surface area contributed by atoms with Crippen molar-refractivity contribution in [2.45, 2.75) is 32.9 Å². The molecule has 1 unspecified atom stereocenters. The van der Waals surface area contributed by atoms with Crippen molar-refractivity contribution in [1.82, 2.24) is 20.5 Å². The second-order valence-electron chi connectivity index (χ2n) is 7.50. The van der Waals surface area contributed by atoms with E-state index in [4.69, 9.17) is 0 Å². The van der Waals surface area contributed by atoms with E-state index >= 15 is 0 Å². The van der Waals surface area contributed by atoms with Crippen molar-refractivity contribution in [3.63, 3.8) is 0 Å². The number of pyridine rings is 1. The molecule has 1 saturated heterocycles. The smallest absolute Gasteiger partial charge is 0.191 e. The summed E-state index contributed by atoms with van der Waals surface area (Å²) in [4.78, 5) is 16.5. The lowest BCUT2D eigenvalue weighted by atomic mass is 10.2. The molecule has 2 aromatic rings. The quantitative estimate of drug-likeness (QED) is 0.576. The molecule has 152 valence electrons. The Balaban J connectivity index is 1.46. The average molecular weight is 401 g/mol. The molecule has 2 aromatic heterocycles. The molecule has 1 aliphatic rings. The summed E-state index contributed by atoms with van der Waals surface area (Å²) < 4.78 is 0. The second-order valence-corrected chi connectivity index (χ2v) is 8.88. The summed E-state index contributed by atoms with van der Waals surface area (Å²) in [6.07, 6.45) is 2.96. The third-order valence-electron chi connectivity index (χ3n) is 5.01. The van der Waals surface area contributed by atoms with Crippen LogP contribution in [0.4, 0.5) is 5.82 Å². The minimum Gasteiger partial charge on any atom is -0.354 e. The van der Waals surface area contributed by atoms with Crippen LogP contribution in [0.2, 0.25) is 0 Å². The van der Waals surface area contributed by atoms with Gasteiger partial charge < -0.3 is 20.4 Å². The van der Waals surface area contributed by atoms with Gasteiger partial charge in [0.1, 0.15) is 5.82 Å². The molecule has 2 N–H and O–H groups in total.